The highest BCUT2D eigenvalue weighted by Crippen LogP contribution is 2.35. The Kier molecular flexibility index (Phi) is 7.63. The van der Waals surface area contributed by atoms with Gasteiger partial charge in [-0.25, -0.2) is 0 Å². The van der Waals surface area contributed by atoms with Gasteiger partial charge in [-0.15, -0.1) is 0 Å². The molecule has 0 saturated carbocycles. The van der Waals surface area contributed by atoms with Crippen LogP contribution in [0, 0.1) is 6.92 Å². The fourth-order valence-corrected chi connectivity index (χ4v) is 4.41. The largest absolute Gasteiger partial charge is 0.493 e. The van der Waals surface area contributed by atoms with Gasteiger partial charge in [-0.2, -0.15) is 0 Å². The van der Waals surface area contributed by atoms with E-state index in [1.165, 1.54) is 22.3 Å². The summed E-state index contributed by atoms with van der Waals surface area (Å²) in [5.74, 6) is 1.46. The summed E-state index contributed by atoms with van der Waals surface area (Å²) in [7, 11) is 1.69. The summed E-state index contributed by atoms with van der Waals surface area (Å²) in [5.41, 5.74) is 7.18. The van der Waals surface area contributed by atoms with E-state index >= 15 is 0 Å². The topological polar surface area (TPSA) is 43.8 Å². The Labute approximate surface area is 197 Å². The zero-order valence-corrected chi connectivity index (χ0v) is 20.2. The number of aromatic nitrogens is 1. The van der Waals surface area contributed by atoms with Gasteiger partial charge in [0, 0.05) is 37.3 Å². The fourth-order valence-electron chi connectivity index (χ4n) is 4.41. The highest BCUT2D eigenvalue weighted by Gasteiger charge is 2.14. The molecule has 0 bridgehead atoms. The molecule has 0 unspecified atom stereocenters. The van der Waals surface area contributed by atoms with Crippen molar-refractivity contribution in [1.29, 1.82) is 0 Å². The number of aryl methyl sites for hydroxylation is 2. The molecule has 0 radical (unpaired) electrons. The monoisotopic (exact) mass is 446 g/mol. The van der Waals surface area contributed by atoms with Crippen LogP contribution in [0.5, 0.6) is 11.5 Å². The minimum Gasteiger partial charge on any atom is -0.493 e. The van der Waals surface area contributed by atoms with E-state index in [-0.39, 0.29) is 0 Å². The van der Waals surface area contributed by atoms with Crippen LogP contribution in [0.15, 0.2) is 42.6 Å². The van der Waals surface area contributed by atoms with Crippen LogP contribution in [0.3, 0.4) is 0 Å². The predicted molar refractivity (Wildman–Crippen MR) is 135 cm³/mol. The minimum atomic E-state index is 0.605. The zero-order chi connectivity index (χ0) is 23.2. The number of ether oxygens (including phenoxy) is 3. The molecule has 1 saturated heterocycles. The van der Waals surface area contributed by atoms with Gasteiger partial charge in [-0.3, -0.25) is 9.88 Å². The maximum atomic E-state index is 6.11. The van der Waals surface area contributed by atoms with E-state index in [2.05, 4.69) is 61.0 Å². The molecule has 0 spiro atoms. The number of allylic oxidation sites excluding steroid dienone is 1. The standard InChI is InChI=1S/C28H34N2O3/c1-5-23-7-6-22(16-20(23)2)17-21(3)24-8-9-29-26-19-28(27(31-4)18-25(24)26)33-15-12-30-10-13-32-14-11-30/h6-9,16-19H,5,10-15H2,1-4H3/b21-17-. The van der Waals surface area contributed by atoms with Crippen molar-refractivity contribution in [3.63, 3.8) is 0 Å². The van der Waals surface area contributed by atoms with Gasteiger partial charge in [0.25, 0.3) is 0 Å². The molecule has 0 N–H and O–H groups in total. The Hall–Kier alpha value is -2.89. The molecule has 1 fully saturated rings. The second-order valence-electron chi connectivity index (χ2n) is 8.55. The average Bonchev–Trinajstić information content (AvgIpc) is 2.84. The van der Waals surface area contributed by atoms with Crippen LogP contribution in [0.25, 0.3) is 22.6 Å². The lowest BCUT2D eigenvalue weighted by Gasteiger charge is -2.26. The second-order valence-corrected chi connectivity index (χ2v) is 8.55. The van der Waals surface area contributed by atoms with Gasteiger partial charge in [0.05, 0.1) is 25.8 Å². The Balaban J connectivity index is 1.58. The van der Waals surface area contributed by atoms with Gasteiger partial charge >= 0.3 is 0 Å². The van der Waals surface area contributed by atoms with Crippen molar-refractivity contribution in [3.05, 3.63) is 64.8 Å². The number of benzene rings is 2. The molecule has 33 heavy (non-hydrogen) atoms. The smallest absolute Gasteiger partial charge is 0.163 e. The second kappa shape index (κ2) is 10.8. The first kappa shape index (κ1) is 23.3. The summed E-state index contributed by atoms with van der Waals surface area (Å²) in [6, 6.07) is 12.8. The van der Waals surface area contributed by atoms with Crippen molar-refractivity contribution in [2.24, 2.45) is 0 Å². The van der Waals surface area contributed by atoms with Crippen molar-refractivity contribution < 1.29 is 14.2 Å². The Morgan fingerprint density at radius 3 is 2.67 bits per heavy atom. The first-order valence-electron chi connectivity index (χ1n) is 11.8. The van der Waals surface area contributed by atoms with Gasteiger partial charge in [-0.05, 0) is 60.2 Å². The Bertz CT molecular complexity index is 1130. The number of nitrogens with zero attached hydrogens (tertiary/aromatic N) is 2. The van der Waals surface area contributed by atoms with Gasteiger partial charge in [0.1, 0.15) is 6.61 Å². The molecule has 2 aromatic carbocycles. The van der Waals surface area contributed by atoms with E-state index in [0.29, 0.717) is 6.61 Å². The van der Waals surface area contributed by atoms with E-state index in [4.69, 9.17) is 14.2 Å². The highest BCUT2D eigenvalue weighted by atomic mass is 16.5. The molecular weight excluding hydrogens is 412 g/mol. The van der Waals surface area contributed by atoms with E-state index in [9.17, 15) is 0 Å². The molecular formula is C28H34N2O3. The highest BCUT2D eigenvalue weighted by molar-refractivity contribution is 5.96. The molecule has 4 rings (SSSR count). The quantitative estimate of drug-likeness (QED) is 0.464. The van der Waals surface area contributed by atoms with Gasteiger partial charge in [0.15, 0.2) is 11.5 Å². The Morgan fingerprint density at radius 1 is 1.12 bits per heavy atom. The molecule has 5 nitrogen and oxygen atoms in total. The van der Waals surface area contributed by atoms with Crippen LogP contribution in [0.4, 0.5) is 0 Å². The average molecular weight is 447 g/mol. The van der Waals surface area contributed by atoms with E-state index in [1.54, 1.807) is 7.11 Å². The molecule has 1 aliphatic heterocycles. The summed E-state index contributed by atoms with van der Waals surface area (Å²) < 4.78 is 17.2. The molecule has 174 valence electrons. The van der Waals surface area contributed by atoms with Gasteiger partial charge < -0.3 is 14.2 Å². The predicted octanol–water partition coefficient (Wildman–Crippen LogP) is 5.39. The van der Waals surface area contributed by atoms with Crippen molar-refractivity contribution in [2.45, 2.75) is 27.2 Å². The molecule has 2 heterocycles. The molecule has 1 aliphatic rings. The summed E-state index contributed by atoms with van der Waals surface area (Å²) in [6.45, 7) is 11.5. The SMILES string of the molecule is CCc1ccc(/C=C(/C)c2ccnc3cc(OCCN4CCOCC4)c(OC)cc23)cc1C. The lowest BCUT2D eigenvalue weighted by atomic mass is 9.98. The number of methoxy groups -OCH3 is 1. The van der Waals surface area contributed by atoms with Crippen LogP contribution in [-0.4, -0.2) is 56.4 Å². The summed E-state index contributed by atoms with van der Waals surface area (Å²) in [4.78, 5) is 6.97. The molecule has 0 amide bonds. The van der Waals surface area contributed by atoms with Crippen LogP contribution in [0.1, 0.15) is 36.1 Å². The molecule has 0 aliphatic carbocycles. The number of hydrogen-bond acceptors (Lipinski definition) is 5. The summed E-state index contributed by atoms with van der Waals surface area (Å²) in [5, 5.41) is 1.06. The number of pyridine rings is 1. The molecule has 1 aromatic heterocycles. The van der Waals surface area contributed by atoms with E-state index < -0.39 is 0 Å². The molecule has 3 aromatic rings. The maximum absolute atomic E-state index is 6.11. The number of morpholine rings is 1. The van der Waals surface area contributed by atoms with Gasteiger partial charge in [-0.1, -0.05) is 31.2 Å². The first-order valence-corrected chi connectivity index (χ1v) is 11.8. The van der Waals surface area contributed by atoms with Crippen molar-refractivity contribution in [1.82, 2.24) is 9.88 Å². The van der Waals surface area contributed by atoms with Crippen LogP contribution in [0.2, 0.25) is 0 Å². The lowest BCUT2D eigenvalue weighted by molar-refractivity contribution is 0.0321. The van der Waals surface area contributed by atoms with Crippen LogP contribution < -0.4 is 9.47 Å². The normalized spacial score (nSPS) is 15.1. The zero-order valence-electron chi connectivity index (χ0n) is 20.2. The van der Waals surface area contributed by atoms with Crippen molar-refractivity contribution in [3.8, 4) is 11.5 Å². The first-order chi connectivity index (χ1) is 16.1. The molecule has 0 atom stereocenters. The van der Waals surface area contributed by atoms with Crippen LogP contribution >= 0.6 is 0 Å². The van der Waals surface area contributed by atoms with Crippen molar-refractivity contribution >= 4 is 22.6 Å². The summed E-state index contributed by atoms with van der Waals surface area (Å²) >= 11 is 0. The third kappa shape index (κ3) is 5.55. The Morgan fingerprint density at radius 2 is 1.94 bits per heavy atom. The number of hydrogen-bond donors (Lipinski definition) is 0. The number of rotatable bonds is 8. The maximum Gasteiger partial charge on any atom is 0.163 e. The van der Waals surface area contributed by atoms with Gasteiger partial charge in [0.2, 0.25) is 0 Å². The number of fused-ring (bicyclic) bond motifs is 1. The third-order valence-corrected chi connectivity index (χ3v) is 6.35. The molecule has 5 heteroatoms. The van der Waals surface area contributed by atoms with Crippen molar-refractivity contribution in [2.75, 3.05) is 46.6 Å². The van der Waals surface area contributed by atoms with Crippen LogP contribution in [-0.2, 0) is 11.2 Å². The fraction of sp³-hybridized carbons (Fsp3) is 0.393. The third-order valence-electron chi connectivity index (χ3n) is 6.35. The van der Waals surface area contributed by atoms with E-state index in [1.807, 2.05) is 18.3 Å². The lowest BCUT2D eigenvalue weighted by Crippen LogP contribution is -2.38. The summed E-state index contributed by atoms with van der Waals surface area (Å²) in [6.07, 6.45) is 5.16. The minimum absolute atomic E-state index is 0.605. The van der Waals surface area contributed by atoms with E-state index in [0.717, 1.165) is 67.2 Å².